The van der Waals surface area contributed by atoms with Crippen molar-refractivity contribution in [1.82, 2.24) is 0 Å². The molecule has 3 nitrogen and oxygen atoms in total. The smallest absolute Gasteiger partial charge is 0.190 e. The highest BCUT2D eigenvalue weighted by molar-refractivity contribution is 5.55. The second-order valence-corrected chi connectivity index (χ2v) is 2.08. The van der Waals surface area contributed by atoms with E-state index >= 15 is 0 Å². The number of benzene rings is 1. The fourth-order valence-electron chi connectivity index (χ4n) is 0.800. The Bertz CT molecular complexity index is 215. The first kappa shape index (κ1) is 6.89. The predicted octanol–water partition coefficient (Wildman–Crippen LogP) is 1.43. The number of nitrogens with two attached hydrogens (primary N) is 1. The van der Waals surface area contributed by atoms with E-state index in [9.17, 15) is 0 Å². The number of para-hydroxylation sites is 1. The third-order valence-electron chi connectivity index (χ3n) is 1.33. The normalized spacial score (nSPS) is 9.40. The van der Waals surface area contributed by atoms with Crippen LogP contribution < -0.4 is 10.6 Å². The predicted molar refractivity (Wildman–Crippen MR) is 38.8 cm³/mol. The number of nitrogen functional groups attached to an aromatic ring is 1. The van der Waals surface area contributed by atoms with E-state index < -0.39 is 0 Å². The highest BCUT2D eigenvalue weighted by Crippen LogP contribution is 2.24. The van der Waals surface area contributed by atoms with E-state index in [0.29, 0.717) is 11.4 Å². The van der Waals surface area contributed by atoms with Crippen molar-refractivity contribution in [2.75, 3.05) is 5.73 Å². The van der Waals surface area contributed by atoms with Crippen molar-refractivity contribution in [2.45, 2.75) is 6.92 Å². The summed E-state index contributed by atoms with van der Waals surface area (Å²) >= 11 is 0. The minimum absolute atomic E-state index is 0.336. The first-order valence-corrected chi connectivity index (χ1v) is 2.92. The van der Waals surface area contributed by atoms with E-state index in [2.05, 4.69) is 4.89 Å². The third-order valence-corrected chi connectivity index (χ3v) is 1.33. The molecule has 1 rings (SSSR count). The molecule has 10 heavy (non-hydrogen) atoms. The topological polar surface area (TPSA) is 55.5 Å². The SMILES string of the molecule is Cc1cccc(N)c1OO. The van der Waals surface area contributed by atoms with Gasteiger partial charge >= 0.3 is 0 Å². The zero-order valence-corrected chi connectivity index (χ0v) is 5.66. The number of rotatable bonds is 1. The van der Waals surface area contributed by atoms with Gasteiger partial charge in [0.25, 0.3) is 0 Å². The summed E-state index contributed by atoms with van der Waals surface area (Å²) < 4.78 is 0. The van der Waals surface area contributed by atoms with Gasteiger partial charge in [0.15, 0.2) is 5.75 Å². The summed E-state index contributed by atoms with van der Waals surface area (Å²) in [5.74, 6) is 0.336. The van der Waals surface area contributed by atoms with Crippen molar-refractivity contribution >= 4 is 5.69 Å². The summed E-state index contributed by atoms with van der Waals surface area (Å²) in [6.07, 6.45) is 0. The van der Waals surface area contributed by atoms with Crippen molar-refractivity contribution in [3.8, 4) is 5.75 Å². The maximum Gasteiger partial charge on any atom is 0.190 e. The van der Waals surface area contributed by atoms with E-state index in [0.717, 1.165) is 5.56 Å². The van der Waals surface area contributed by atoms with Gasteiger partial charge in [-0.05, 0) is 18.6 Å². The van der Waals surface area contributed by atoms with Gasteiger partial charge in [-0.15, -0.1) is 0 Å². The Morgan fingerprint density at radius 3 is 2.60 bits per heavy atom. The lowest BCUT2D eigenvalue weighted by molar-refractivity contribution is -0.137. The van der Waals surface area contributed by atoms with Crippen molar-refractivity contribution < 1.29 is 10.1 Å². The van der Waals surface area contributed by atoms with Crippen molar-refractivity contribution in [1.29, 1.82) is 0 Å². The maximum absolute atomic E-state index is 8.32. The molecule has 0 aliphatic rings. The van der Waals surface area contributed by atoms with Crippen LogP contribution in [0.3, 0.4) is 0 Å². The van der Waals surface area contributed by atoms with E-state index in [1.807, 2.05) is 13.0 Å². The summed E-state index contributed by atoms with van der Waals surface area (Å²) in [6, 6.07) is 5.27. The lowest BCUT2D eigenvalue weighted by atomic mass is 10.2. The Balaban J connectivity index is 3.17. The van der Waals surface area contributed by atoms with Crippen LogP contribution in [0.4, 0.5) is 5.69 Å². The minimum atomic E-state index is 0.336. The second kappa shape index (κ2) is 2.58. The molecule has 0 bridgehead atoms. The molecule has 0 aliphatic heterocycles. The van der Waals surface area contributed by atoms with Crippen molar-refractivity contribution in [2.24, 2.45) is 0 Å². The molecule has 54 valence electrons. The molecule has 3 heteroatoms. The summed E-state index contributed by atoms with van der Waals surface area (Å²) in [4.78, 5) is 4.05. The summed E-state index contributed by atoms with van der Waals surface area (Å²) in [5, 5.41) is 8.32. The minimum Gasteiger partial charge on any atom is -0.396 e. The Hall–Kier alpha value is -1.22. The largest absolute Gasteiger partial charge is 0.396 e. The van der Waals surface area contributed by atoms with Crippen LogP contribution in [0.1, 0.15) is 5.56 Å². The zero-order valence-electron chi connectivity index (χ0n) is 5.66. The number of aryl methyl sites for hydroxylation is 1. The molecule has 1 aromatic carbocycles. The Morgan fingerprint density at radius 2 is 2.20 bits per heavy atom. The van der Waals surface area contributed by atoms with Gasteiger partial charge in [-0.1, -0.05) is 12.1 Å². The maximum atomic E-state index is 8.32. The fourth-order valence-corrected chi connectivity index (χ4v) is 0.800. The van der Waals surface area contributed by atoms with E-state index in [-0.39, 0.29) is 0 Å². The Kier molecular flexibility index (Phi) is 1.78. The molecule has 0 fully saturated rings. The Morgan fingerprint density at radius 1 is 1.50 bits per heavy atom. The average molecular weight is 139 g/mol. The van der Waals surface area contributed by atoms with Crippen LogP contribution in [-0.4, -0.2) is 5.26 Å². The summed E-state index contributed by atoms with van der Waals surface area (Å²) in [7, 11) is 0. The van der Waals surface area contributed by atoms with Gasteiger partial charge < -0.3 is 10.6 Å². The number of hydrogen-bond acceptors (Lipinski definition) is 3. The summed E-state index contributed by atoms with van der Waals surface area (Å²) in [6.45, 7) is 1.81. The van der Waals surface area contributed by atoms with Gasteiger partial charge in [-0.25, -0.2) is 5.26 Å². The molecule has 0 heterocycles. The molecule has 0 aromatic heterocycles. The van der Waals surface area contributed by atoms with E-state index in [4.69, 9.17) is 11.0 Å². The van der Waals surface area contributed by atoms with Gasteiger partial charge in [0.2, 0.25) is 0 Å². The highest BCUT2D eigenvalue weighted by Gasteiger charge is 2.01. The number of anilines is 1. The van der Waals surface area contributed by atoms with Crippen LogP contribution in [0.5, 0.6) is 5.75 Å². The molecular formula is C7H9NO2. The molecule has 0 radical (unpaired) electrons. The molecule has 3 N–H and O–H groups in total. The molecular weight excluding hydrogens is 130 g/mol. The van der Waals surface area contributed by atoms with Crippen LogP contribution >= 0.6 is 0 Å². The highest BCUT2D eigenvalue weighted by atomic mass is 17.1. The lowest BCUT2D eigenvalue weighted by Gasteiger charge is -2.03. The average Bonchev–Trinajstić information content (AvgIpc) is 1.88. The van der Waals surface area contributed by atoms with Crippen LogP contribution in [0, 0.1) is 6.92 Å². The third kappa shape index (κ3) is 1.04. The van der Waals surface area contributed by atoms with Crippen LogP contribution in [0.2, 0.25) is 0 Å². The standard InChI is InChI=1S/C7H9NO2/c1-5-3-2-4-6(8)7(5)10-9/h2-4,9H,8H2,1H3. The van der Waals surface area contributed by atoms with E-state index in [1.54, 1.807) is 12.1 Å². The molecule has 0 amide bonds. The summed E-state index contributed by atoms with van der Waals surface area (Å²) in [5.41, 5.74) is 6.72. The van der Waals surface area contributed by atoms with E-state index in [1.165, 1.54) is 0 Å². The molecule has 0 atom stereocenters. The number of hydrogen-bond donors (Lipinski definition) is 2. The van der Waals surface area contributed by atoms with Gasteiger partial charge in [-0.2, -0.15) is 0 Å². The Labute approximate surface area is 59.0 Å². The zero-order chi connectivity index (χ0) is 7.56. The van der Waals surface area contributed by atoms with Crippen LogP contribution in [0.15, 0.2) is 18.2 Å². The molecule has 0 aliphatic carbocycles. The first-order valence-electron chi connectivity index (χ1n) is 2.92. The van der Waals surface area contributed by atoms with Crippen LogP contribution in [0.25, 0.3) is 0 Å². The molecule has 0 saturated carbocycles. The van der Waals surface area contributed by atoms with Gasteiger partial charge in [0.05, 0.1) is 5.69 Å². The lowest BCUT2D eigenvalue weighted by Crippen LogP contribution is -1.94. The molecule has 0 unspecified atom stereocenters. The monoisotopic (exact) mass is 139 g/mol. The molecule has 0 saturated heterocycles. The van der Waals surface area contributed by atoms with Gasteiger partial charge in [0, 0.05) is 0 Å². The first-order chi connectivity index (χ1) is 4.75. The fraction of sp³-hybridized carbons (Fsp3) is 0.143. The van der Waals surface area contributed by atoms with Crippen LogP contribution in [-0.2, 0) is 0 Å². The molecule has 1 aromatic rings. The van der Waals surface area contributed by atoms with Crippen molar-refractivity contribution in [3.05, 3.63) is 23.8 Å². The quantitative estimate of drug-likeness (QED) is 0.351. The molecule has 0 spiro atoms. The van der Waals surface area contributed by atoms with Gasteiger partial charge in [0.1, 0.15) is 0 Å². The van der Waals surface area contributed by atoms with Gasteiger partial charge in [-0.3, -0.25) is 0 Å². The second-order valence-electron chi connectivity index (χ2n) is 2.08. The van der Waals surface area contributed by atoms with Crippen molar-refractivity contribution in [3.63, 3.8) is 0 Å².